The van der Waals surface area contributed by atoms with E-state index in [0.29, 0.717) is 0 Å². The van der Waals surface area contributed by atoms with Crippen molar-refractivity contribution in [2.45, 2.75) is 38.5 Å². The number of carbonyl (C=O) groups excluding carboxylic acids is 2. The highest BCUT2D eigenvalue weighted by Gasteiger charge is 2.40. The van der Waals surface area contributed by atoms with Gasteiger partial charge in [-0.25, -0.2) is 18.4 Å². The Labute approximate surface area is 155 Å². The molecule has 2 aromatic rings. The lowest BCUT2D eigenvalue weighted by molar-refractivity contribution is -0.174. The Morgan fingerprint density at radius 2 is 1.67 bits per heavy atom. The van der Waals surface area contributed by atoms with Crippen molar-refractivity contribution in [3.05, 3.63) is 59.7 Å². The van der Waals surface area contributed by atoms with E-state index in [4.69, 9.17) is 9.47 Å². The van der Waals surface area contributed by atoms with Crippen LogP contribution in [-0.4, -0.2) is 24.2 Å². The summed E-state index contributed by atoms with van der Waals surface area (Å²) in [6.07, 6.45) is -1.05. The first kappa shape index (κ1) is 18.8. The van der Waals surface area contributed by atoms with Crippen molar-refractivity contribution < 1.29 is 27.8 Å². The fourth-order valence-electron chi connectivity index (χ4n) is 2.69. The van der Waals surface area contributed by atoms with Crippen LogP contribution < -0.4 is 5.32 Å². The van der Waals surface area contributed by atoms with Gasteiger partial charge in [0.2, 0.25) is 0 Å². The Morgan fingerprint density at radius 3 is 2.15 bits per heavy atom. The fraction of sp³-hybridized carbons (Fsp3) is 0.300. The summed E-state index contributed by atoms with van der Waals surface area (Å²) < 4.78 is 36.4. The van der Waals surface area contributed by atoms with Gasteiger partial charge in [-0.1, -0.05) is 48.5 Å². The molecule has 0 aromatic heterocycles. The average molecular weight is 375 g/mol. The predicted molar refractivity (Wildman–Crippen MR) is 94.1 cm³/mol. The molecule has 0 bridgehead atoms. The zero-order chi connectivity index (χ0) is 19.6. The minimum atomic E-state index is -2.87. The first-order valence-electron chi connectivity index (χ1n) is 8.45. The van der Waals surface area contributed by atoms with Crippen LogP contribution in [0.2, 0.25) is 0 Å². The molecule has 142 valence electrons. The number of esters is 1. The molecular formula is C20H19F2NO4. The Hall–Kier alpha value is -2.96. The third-order valence-corrected chi connectivity index (χ3v) is 4.35. The summed E-state index contributed by atoms with van der Waals surface area (Å²) in [6.45, 7) is 2.59. The molecule has 0 radical (unpaired) electrons. The molecule has 1 aliphatic rings. The van der Waals surface area contributed by atoms with Crippen LogP contribution in [0.1, 0.15) is 25.0 Å². The molecule has 1 fully saturated rings. The van der Waals surface area contributed by atoms with E-state index in [-0.39, 0.29) is 18.3 Å². The number of alkyl halides is 2. The van der Waals surface area contributed by atoms with E-state index in [0.717, 1.165) is 23.6 Å². The number of hydrogen-bond acceptors (Lipinski definition) is 4. The quantitative estimate of drug-likeness (QED) is 0.802. The number of cyclic esters (lactones) is 1. The Bertz CT molecular complexity index is 829. The summed E-state index contributed by atoms with van der Waals surface area (Å²) in [6, 6.07) is 12.6. The van der Waals surface area contributed by atoms with Gasteiger partial charge in [0, 0.05) is 12.5 Å². The van der Waals surface area contributed by atoms with Gasteiger partial charge < -0.3 is 14.8 Å². The molecule has 1 amide bonds. The molecule has 0 saturated carbocycles. The lowest BCUT2D eigenvalue weighted by atomic mass is 10.0. The summed E-state index contributed by atoms with van der Waals surface area (Å²) in [5.41, 5.74) is 2.40. The van der Waals surface area contributed by atoms with Gasteiger partial charge in [-0.3, -0.25) is 0 Å². The molecule has 0 aliphatic carbocycles. The smallest absolute Gasteiger partial charge is 0.408 e. The molecule has 1 heterocycles. The molecule has 1 aliphatic heterocycles. The van der Waals surface area contributed by atoms with Gasteiger partial charge in [0.15, 0.2) is 6.04 Å². The largest absolute Gasteiger partial charge is 0.458 e. The number of carbonyl (C=O) groups is 2. The maximum absolute atomic E-state index is 13.3. The molecule has 3 rings (SSSR count). The van der Waals surface area contributed by atoms with Crippen molar-refractivity contribution in [1.29, 1.82) is 0 Å². The second-order valence-corrected chi connectivity index (χ2v) is 6.50. The number of ether oxygens (including phenoxy) is 2. The van der Waals surface area contributed by atoms with Crippen molar-refractivity contribution in [2.24, 2.45) is 0 Å². The van der Waals surface area contributed by atoms with E-state index in [2.05, 4.69) is 5.32 Å². The van der Waals surface area contributed by atoms with Crippen LogP contribution in [0.15, 0.2) is 48.5 Å². The van der Waals surface area contributed by atoms with E-state index >= 15 is 0 Å². The zero-order valence-corrected chi connectivity index (χ0v) is 14.9. The van der Waals surface area contributed by atoms with Crippen LogP contribution in [0, 0.1) is 0 Å². The lowest BCUT2D eigenvalue weighted by Crippen LogP contribution is -2.58. The molecule has 27 heavy (non-hydrogen) atoms. The van der Waals surface area contributed by atoms with E-state index in [1.165, 1.54) is 12.1 Å². The topological polar surface area (TPSA) is 64.6 Å². The summed E-state index contributed by atoms with van der Waals surface area (Å²) in [7, 11) is 0. The number of hydrogen-bond donors (Lipinski definition) is 1. The SMILES string of the molecule is C[C@@H]1OC(=O)[C@@H]1NC(=O)OCc1ccc(-c2ccc(C(C)(F)F)cc2)cc1. The number of halogens is 2. The predicted octanol–water partition coefficient (Wildman–Crippen LogP) is 4.01. The fourth-order valence-corrected chi connectivity index (χ4v) is 2.69. The van der Waals surface area contributed by atoms with Crippen LogP contribution in [0.3, 0.4) is 0 Å². The molecule has 5 nitrogen and oxygen atoms in total. The third-order valence-electron chi connectivity index (χ3n) is 4.35. The van der Waals surface area contributed by atoms with E-state index in [9.17, 15) is 18.4 Å². The van der Waals surface area contributed by atoms with E-state index in [1.54, 1.807) is 31.2 Å². The van der Waals surface area contributed by atoms with Gasteiger partial charge in [-0.05, 0) is 23.6 Å². The summed E-state index contributed by atoms with van der Waals surface area (Å²) in [5, 5.41) is 2.44. The number of nitrogens with one attached hydrogen (secondary N) is 1. The Balaban J connectivity index is 1.55. The minimum Gasteiger partial charge on any atom is -0.458 e. The van der Waals surface area contributed by atoms with Gasteiger partial charge >= 0.3 is 12.1 Å². The monoisotopic (exact) mass is 375 g/mol. The minimum absolute atomic E-state index is 0.0352. The Morgan fingerprint density at radius 1 is 1.11 bits per heavy atom. The zero-order valence-electron chi connectivity index (χ0n) is 14.9. The van der Waals surface area contributed by atoms with Crippen molar-refractivity contribution in [2.75, 3.05) is 0 Å². The van der Waals surface area contributed by atoms with Crippen LogP contribution in [0.5, 0.6) is 0 Å². The molecule has 7 heteroatoms. The van der Waals surface area contributed by atoms with Crippen LogP contribution >= 0.6 is 0 Å². The molecular weight excluding hydrogens is 356 g/mol. The summed E-state index contributed by atoms with van der Waals surface area (Å²) >= 11 is 0. The lowest BCUT2D eigenvalue weighted by Gasteiger charge is -2.32. The van der Waals surface area contributed by atoms with Crippen LogP contribution in [-0.2, 0) is 26.8 Å². The highest BCUT2D eigenvalue weighted by Crippen LogP contribution is 2.29. The summed E-state index contributed by atoms with van der Waals surface area (Å²) in [5.74, 6) is -3.34. The van der Waals surface area contributed by atoms with Crippen LogP contribution in [0.25, 0.3) is 11.1 Å². The molecule has 1 N–H and O–H groups in total. The van der Waals surface area contributed by atoms with Crippen molar-refractivity contribution >= 4 is 12.1 Å². The molecule has 0 unspecified atom stereocenters. The number of amides is 1. The molecule has 1 saturated heterocycles. The van der Waals surface area contributed by atoms with Gasteiger partial charge in [0.1, 0.15) is 12.7 Å². The summed E-state index contributed by atoms with van der Waals surface area (Å²) in [4.78, 5) is 22.9. The molecule has 2 atom stereocenters. The molecule has 2 aromatic carbocycles. The second kappa shape index (κ2) is 7.34. The van der Waals surface area contributed by atoms with Gasteiger partial charge in [0.25, 0.3) is 5.92 Å². The maximum atomic E-state index is 13.3. The van der Waals surface area contributed by atoms with Crippen molar-refractivity contribution in [1.82, 2.24) is 5.32 Å². The van der Waals surface area contributed by atoms with Gasteiger partial charge in [-0.2, -0.15) is 0 Å². The van der Waals surface area contributed by atoms with Gasteiger partial charge in [-0.15, -0.1) is 0 Å². The Kier molecular flexibility index (Phi) is 5.12. The molecule has 0 spiro atoms. The van der Waals surface area contributed by atoms with Crippen molar-refractivity contribution in [3.63, 3.8) is 0 Å². The first-order valence-corrected chi connectivity index (χ1v) is 8.45. The number of alkyl carbamates (subject to hydrolysis) is 1. The number of benzene rings is 2. The van der Waals surface area contributed by atoms with E-state index in [1.807, 2.05) is 12.1 Å². The van der Waals surface area contributed by atoms with Crippen LogP contribution in [0.4, 0.5) is 13.6 Å². The highest BCUT2D eigenvalue weighted by molar-refractivity contribution is 5.86. The van der Waals surface area contributed by atoms with Gasteiger partial charge in [0.05, 0.1) is 0 Å². The highest BCUT2D eigenvalue weighted by atomic mass is 19.3. The normalized spacial score (nSPS) is 19.0. The standard InChI is InChI=1S/C20H19F2NO4/c1-12-17(18(24)27-12)23-19(25)26-11-13-3-5-14(6-4-13)15-7-9-16(10-8-15)20(2,21)22/h3-10,12,17H,11H2,1-2H3,(H,23,25)/t12-,17+/m0/s1. The second-order valence-electron chi connectivity index (χ2n) is 6.50. The third kappa shape index (κ3) is 4.42. The first-order chi connectivity index (χ1) is 12.7. The maximum Gasteiger partial charge on any atom is 0.408 e. The number of rotatable bonds is 5. The van der Waals surface area contributed by atoms with E-state index < -0.39 is 24.0 Å². The van der Waals surface area contributed by atoms with Crippen molar-refractivity contribution in [3.8, 4) is 11.1 Å². The average Bonchev–Trinajstić information content (AvgIpc) is 2.64.